The van der Waals surface area contributed by atoms with E-state index in [0.717, 1.165) is 75.3 Å². The van der Waals surface area contributed by atoms with Crippen molar-refractivity contribution >= 4 is 27.5 Å². The van der Waals surface area contributed by atoms with Crippen LogP contribution in [-0.4, -0.2) is 57.9 Å². The number of carbonyl (C=O) groups is 1. The number of aromatic nitrogens is 2. The molecule has 172 valence electrons. The fourth-order valence-electron chi connectivity index (χ4n) is 5.64. The Hall–Kier alpha value is -2.55. The second kappa shape index (κ2) is 8.66. The van der Waals surface area contributed by atoms with Gasteiger partial charge < -0.3 is 15.2 Å². The van der Waals surface area contributed by atoms with E-state index < -0.39 is 0 Å². The minimum atomic E-state index is -0.0365. The molecule has 1 atom stereocenters. The van der Waals surface area contributed by atoms with Crippen LogP contribution in [0, 0.1) is 0 Å². The first kappa shape index (κ1) is 21.0. The normalized spacial score (nSPS) is 22.2. The Kier molecular flexibility index (Phi) is 5.52. The third-order valence-corrected chi connectivity index (χ3v) is 8.37. The quantitative estimate of drug-likeness (QED) is 0.622. The fraction of sp³-hybridized carbons (Fsp3) is 0.480. The Labute approximate surface area is 196 Å². The summed E-state index contributed by atoms with van der Waals surface area (Å²) < 4.78 is 0.700. The van der Waals surface area contributed by atoms with Crippen LogP contribution in [0.15, 0.2) is 34.4 Å². The zero-order valence-electron chi connectivity index (χ0n) is 18.7. The number of piperidine rings is 2. The van der Waals surface area contributed by atoms with Crippen molar-refractivity contribution in [3.63, 3.8) is 0 Å². The molecule has 2 fully saturated rings. The molecule has 33 heavy (non-hydrogen) atoms. The Morgan fingerprint density at radius 1 is 1.12 bits per heavy atom. The van der Waals surface area contributed by atoms with Crippen molar-refractivity contribution in [3.05, 3.63) is 62.5 Å². The molecule has 1 unspecified atom stereocenters. The number of amides is 1. The van der Waals surface area contributed by atoms with Crippen LogP contribution < -0.4 is 10.9 Å². The van der Waals surface area contributed by atoms with Crippen LogP contribution in [-0.2, 0) is 13.1 Å². The number of likely N-dealkylation sites (tertiary alicyclic amines) is 1. The molecule has 3 aromatic rings. The molecule has 6 rings (SSSR count). The summed E-state index contributed by atoms with van der Waals surface area (Å²) in [6.45, 7) is 5.35. The van der Waals surface area contributed by atoms with E-state index in [0.29, 0.717) is 23.2 Å². The van der Waals surface area contributed by atoms with Gasteiger partial charge in [0.2, 0.25) is 0 Å². The Morgan fingerprint density at radius 3 is 2.82 bits per heavy atom. The van der Waals surface area contributed by atoms with Crippen LogP contribution in [0.4, 0.5) is 0 Å². The smallest absolute Gasteiger partial charge is 0.268 e. The summed E-state index contributed by atoms with van der Waals surface area (Å²) >= 11 is 1.44. The molecular weight excluding hydrogens is 434 g/mol. The van der Waals surface area contributed by atoms with E-state index in [1.807, 2.05) is 11.4 Å². The number of H-pyrrole nitrogens is 1. The minimum Gasteiger partial charge on any atom is -0.330 e. The van der Waals surface area contributed by atoms with E-state index in [4.69, 9.17) is 0 Å². The van der Waals surface area contributed by atoms with Gasteiger partial charge in [0.05, 0.1) is 12.1 Å². The minimum absolute atomic E-state index is 0.0365. The summed E-state index contributed by atoms with van der Waals surface area (Å²) in [7, 11) is 0. The molecule has 1 amide bonds. The molecule has 0 bridgehead atoms. The maximum Gasteiger partial charge on any atom is 0.268 e. The summed E-state index contributed by atoms with van der Waals surface area (Å²) in [6, 6.07) is 8.74. The van der Waals surface area contributed by atoms with Crippen LogP contribution in [0.2, 0.25) is 0 Å². The van der Waals surface area contributed by atoms with Crippen LogP contribution in [0.3, 0.4) is 0 Å². The third-order valence-electron chi connectivity index (χ3n) is 7.47. The number of rotatable bonds is 4. The van der Waals surface area contributed by atoms with Crippen molar-refractivity contribution < 1.29 is 4.79 Å². The van der Waals surface area contributed by atoms with Gasteiger partial charge in [-0.3, -0.25) is 14.5 Å². The van der Waals surface area contributed by atoms with Gasteiger partial charge in [0.1, 0.15) is 10.5 Å². The van der Waals surface area contributed by atoms with Gasteiger partial charge in [-0.1, -0.05) is 12.1 Å². The molecule has 3 aliphatic rings. The first-order chi connectivity index (χ1) is 16.2. The third kappa shape index (κ3) is 4.00. The molecule has 5 heterocycles. The second-order valence-electron chi connectivity index (χ2n) is 9.55. The number of hydrogen-bond donors (Lipinski definition) is 2. The zero-order valence-corrected chi connectivity index (χ0v) is 19.5. The summed E-state index contributed by atoms with van der Waals surface area (Å²) in [5.74, 6) is 1.46. The summed E-state index contributed by atoms with van der Waals surface area (Å²) in [4.78, 5) is 37.2. The van der Waals surface area contributed by atoms with Gasteiger partial charge in [0.15, 0.2) is 0 Å². The molecule has 0 spiro atoms. The average Bonchev–Trinajstić information content (AvgIpc) is 3.45. The number of nitrogens with one attached hydrogen (secondary N) is 2. The first-order valence-electron chi connectivity index (χ1n) is 12.0. The van der Waals surface area contributed by atoms with Crippen molar-refractivity contribution in [1.29, 1.82) is 0 Å². The lowest BCUT2D eigenvalue weighted by Crippen LogP contribution is -2.46. The summed E-state index contributed by atoms with van der Waals surface area (Å²) in [5.41, 5.74) is 4.19. The van der Waals surface area contributed by atoms with Crippen molar-refractivity contribution in [2.75, 3.05) is 26.2 Å². The lowest BCUT2D eigenvalue weighted by atomic mass is 9.88. The van der Waals surface area contributed by atoms with Gasteiger partial charge in [-0.15, -0.1) is 11.3 Å². The number of carbonyl (C=O) groups excluding carboxylic acids is 1. The SMILES string of the molecule is O=C1c2ccc(C3CCN(Cc4nc5ccsc5c(=O)[nH]4)CC3)cc2CN1C1CCCNC1. The molecular formula is C25H29N5O2S. The molecule has 8 heteroatoms. The highest BCUT2D eigenvalue weighted by Gasteiger charge is 2.34. The summed E-state index contributed by atoms with van der Waals surface area (Å²) in [6.07, 6.45) is 4.39. The molecule has 7 nitrogen and oxygen atoms in total. The highest BCUT2D eigenvalue weighted by molar-refractivity contribution is 7.17. The number of nitrogens with zero attached hydrogens (tertiary/aromatic N) is 3. The molecule has 3 aliphatic heterocycles. The van der Waals surface area contributed by atoms with E-state index >= 15 is 0 Å². The van der Waals surface area contributed by atoms with Crippen molar-refractivity contribution in [2.45, 2.75) is 50.7 Å². The van der Waals surface area contributed by atoms with Crippen LogP contribution in [0.25, 0.3) is 10.2 Å². The number of thiophene rings is 1. The van der Waals surface area contributed by atoms with E-state index in [1.165, 1.54) is 22.5 Å². The van der Waals surface area contributed by atoms with Crippen LogP contribution in [0.5, 0.6) is 0 Å². The first-order valence-corrected chi connectivity index (χ1v) is 12.9. The van der Waals surface area contributed by atoms with Crippen molar-refractivity contribution in [2.24, 2.45) is 0 Å². The topological polar surface area (TPSA) is 81.3 Å². The summed E-state index contributed by atoms with van der Waals surface area (Å²) in [5, 5.41) is 5.35. The van der Waals surface area contributed by atoms with Crippen molar-refractivity contribution in [1.82, 2.24) is 25.1 Å². The predicted molar refractivity (Wildman–Crippen MR) is 130 cm³/mol. The molecule has 0 saturated carbocycles. The number of benzene rings is 1. The van der Waals surface area contributed by atoms with Gasteiger partial charge in [-0.25, -0.2) is 4.98 Å². The predicted octanol–water partition coefficient (Wildman–Crippen LogP) is 3.07. The van der Waals surface area contributed by atoms with Crippen LogP contribution in [0.1, 0.15) is 58.9 Å². The molecule has 2 saturated heterocycles. The zero-order chi connectivity index (χ0) is 22.4. The van der Waals surface area contributed by atoms with Gasteiger partial charge in [0, 0.05) is 24.7 Å². The Morgan fingerprint density at radius 2 is 2.00 bits per heavy atom. The van der Waals surface area contributed by atoms with Gasteiger partial charge in [-0.05, 0) is 79.9 Å². The van der Waals surface area contributed by atoms with Gasteiger partial charge >= 0.3 is 0 Å². The largest absolute Gasteiger partial charge is 0.330 e. The molecule has 0 aliphatic carbocycles. The van der Waals surface area contributed by atoms with Crippen molar-refractivity contribution in [3.8, 4) is 0 Å². The Bertz CT molecular complexity index is 1240. The molecule has 2 aromatic heterocycles. The number of hydrogen-bond acceptors (Lipinski definition) is 6. The molecule has 0 radical (unpaired) electrons. The highest BCUT2D eigenvalue weighted by Crippen LogP contribution is 2.33. The van der Waals surface area contributed by atoms with E-state index in [2.05, 4.69) is 43.3 Å². The monoisotopic (exact) mass is 463 g/mol. The number of aromatic amines is 1. The van der Waals surface area contributed by atoms with E-state index in [1.54, 1.807) is 0 Å². The van der Waals surface area contributed by atoms with Gasteiger partial charge in [-0.2, -0.15) is 0 Å². The highest BCUT2D eigenvalue weighted by atomic mass is 32.1. The lowest BCUT2D eigenvalue weighted by molar-refractivity contribution is 0.0674. The van der Waals surface area contributed by atoms with Gasteiger partial charge in [0.25, 0.3) is 11.5 Å². The lowest BCUT2D eigenvalue weighted by Gasteiger charge is -2.32. The molecule has 1 aromatic carbocycles. The van der Waals surface area contributed by atoms with E-state index in [-0.39, 0.29) is 11.5 Å². The maximum absolute atomic E-state index is 12.9. The standard InChI is InChI=1S/C25H29N5O2S/c31-24-23-21(7-11-33-23)27-22(28-24)15-29-9-5-16(6-10-29)17-3-4-20-18(12-17)14-30(25(20)32)19-2-1-8-26-13-19/h3-4,7,11-12,16,19,26H,1-2,5-6,8-10,13-15H2,(H,27,28,31). The maximum atomic E-state index is 12.9. The van der Waals surface area contributed by atoms with Crippen LogP contribution >= 0.6 is 11.3 Å². The van der Waals surface area contributed by atoms with E-state index in [9.17, 15) is 9.59 Å². The molecule has 2 N–H and O–H groups in total. The second-order valence-corrected chi connectivity index (χ2v) is 10.5. The Balaban J connectivity index is 1.10. The average molecular weight is 464 g/mol. The fourth-order valence-corrected chi connectivity index (χ4v) is 6.37. The number of fused-ring (bicyclic) bond motifs is 2.